The van der Waals surface area contributed by atoms with Crippen molar-refractivity contribution in [3.05, 3.63) is 70.5 Å². The van der Waals surface area contributed by atoms with Gasteiger partial charge in [-0.2, -0.15) is 0 Å². The Kier molecular flexibility index (Phi) is 4.71. The quantitative estimate of drug-likeness (QED) is 0.904. The van der Waals surface area contributed by atoms with E-state index in [0.29, 0.717) is 17.1 Å². The highest BCUT2D eigenvalue weighted by Crippen LogP contribution is 2.17. The molecule has 0 aromatic heterocycles. The van der Waals surface area contributed by atoms with E-state index in [2.05, 4.69) is 5.16 Å². The highest BCUT2D eigenvalue weighted by Gasteiger charge is 2.23. The number of nitrogens with zero attached hydrogens (tertiary/aromatic N) is 1. The normalized spacial score (nSPS) is 17.2. The number of oxime groups is 1. The Morgan fingerprint density at radius 2 is 1.95 bits per heavy atom. The first-order chi connectivity index (χ1) is 10.7. The number of nitrogens with two attached hydrogens (primary N) is 1. The fraction of sp³-hybridized carbons (Fsp3) is 0.235. The van der Waals surface area contributed by atoms with Gasteiger partial charge < -0.3 is 10.2 Å². The van der Waals surface area contributed by atoms with Crippen molar-refractivity contribution in [2.45, 2.75) is 19.1 Å². The van der Waals surface area contributed by atoms with Crippen molar-refractivity contribution in [3.8, 4) is 0 Å². The molecule has 0 saturated heterocycles. The van der Waals surface area contributed by atoms with Crippen molar-refractivity contribution >= 4 is 17.3 Å². The van der Waals surface area contributed by atoms with E-state index in [0.717, 1.165) is 24.2 Å². The van der Waals surface area contributed by atoms with Gasteiger partial charge in [0.15, 0.2) is 6.10 Å². The average molecular weight is 320 g/mol. The summed E-state index contributed by atoms with van der Waals surface area (Å²) in [5.74, 6) is -0.163. The summed E-state index contributed by atoms with van der Waals surface area (Å²) in [6.45, 7) is 1.34. The maximum atomic E-state index is 13.5. The monoisotopic (exact) mass is 319 g/mol. The first kappa shape index (κ1) is 15.0. The van der Waals surface area contributed by atoms with Gasteiger partial charge in [0, 0.05) is 17.0 Å². The Labute approximate surface area is 133 Å². The summed E-state index contributed by atoms with van der Waals surface area (Å²) in [4.78, 5) is 5.45. The molecule has 0 saturated carbocycles. The molecule has 1 aliphatic rings. The van der Waals surface area contributed by atoms with Crippen LogP contribution in [0.2, 0.25) is 5.02 Å². The summed E-state index contributed by atoms with van der Waals surface area (Å²) >= 11 is 5.88. The van der Waals surface area contributed by atoms with Gasteiger partial charge in [0.05, 0.1) is 5.71 Å². The van der Waals surface area contributed by atoms with E-state index in [-0.39, 0.29) is 11.9 Å². The Morgan fingerprint density at radius 1 is 1.18 bits per heavy atom. The Morgan fingerprint density at radius 3 is 2.73 bits per heavy atom. The van der Waals surface area contributed by atoms with Crippen LogP contribution in [0.1, 0.15) is 17.5 Å². The maximum absolute atomic E-state index is 13.5. The molecule has 3 rings (SSSR count). The number of hydrogen-bond donors (Lipinski definition) is 1. The minimum atomic E-state index is -0.163. The van der Waals surface area contributed by atoms with Crippen molar-refractivity contribution in [1.82, 2.24) is 0 Å². The average Bonchev–Trinajstić information content (AvgIpc) is 2.99. The summed E-state index contributed by atoms with van der Waals surface area (Å²) in [7, 11) is 0. The molecule has 22 heavy (non-hydrogen) atoms. The van der Waals surface area contributed by atoms with Crippen molar-refractivity contribution in [2.24, 2.45) is 5.16 Å². The molecule has 2 aromatic rings. The molecule has 0 aliphatic carbocycles. The van der Waals surface area contributed by atoms with Gasteiger partial charge in [0.2, 0.25) is 0 Å². The molecule has 2 N–H and O–H groups in total. The molecule has 1 atom stereocenters. The minimum Gasteiger partial charge on any atom is -0.386 e. The molecule has 2 aromatic carbocycles. The molecule has 114 valence electrons. The smallest absolute Gasteiger partial charge is 0.181 e. The lowest BCUT2D eigenvalue weighted by Gasteiger charge is -2.07. The topological polar surface area (TPSA) is 38.2 Å². The summed E-state index contributed by atoms with van der Waals surface area (Å²) in [6.07, 6.45) is 0.785. The van der Waals surface area contributed by atoms with Crippen LogP contribution in [0.5, 0.6) is 0 Å². The van der Waals surface area contributed by atoms with E-state index in [1.807, 2.05) is 35.6 Å². The van der Waals surface area contributed by atoms with E-state index in [9.17, 15) is 4.39 Å². The highest BCUT2D eigenvalue weighted by atomic mass is 35.5. The zero-order valence-electron chi connectivity index (χ0n) is 12.0. The Balaban J connectivity index is 1.48. The van der Waals surface area contributed by atoms with Gasteiger partial charge in [-0.15, -0.1) is 0 Å². The highest BCUT2D eigenvalue weighted by molar-refractivity contribution is 6.30. The Bertz CT molecular complexity index is 673. The summed E-state index contributed by atoms with van der Waals surface area (Å²) < 4.78 is 13.5. The molecule has 0 bridgehead atoms. The fourth-order valence-electron chi connectivity index (χ4n) is 2.46. The van der Waals surface area contributed by atoms with Gasteiger partial charge in [-0.25, -0.2) is 4.39 Å². The lowest BCUT2D eigenvalue weighted by Crippen LogP contribution is -2.84. The third kappa shape index (κ3) is 3.64. The number of hydrogen-bond acceptors (Lipinski definition) is 2. The summed E-state index contributed by atoms with van der Waals surface area (Å²) in [6, 6.07) is 14.4. The minimum absolute atomic E-state index is 0.0254. The van der Waals surface area contributed by atoms with E-state index >= 15 is 0 Å². The SMILES string of the molecule is Fc1ccccc1C[NH2+]C[C@@H]1CC(c2ccc(Cl)cc2)=NO1. The zero-order chi connectivity index (χ0) is 15.4. The predicted molar refractivity (Wildman–Crippen MR) is 84.4 cm³/mol. The molecule has 0 radical (unpaired) electrons. The molecule has 0 spiro atoms. The largest absolute Gasteiger partial charge is 0.386 e. The number of benzene rings is 2. The van der Waals surface area contributed by atoms with Crippen LogP contribution in [-0.4, -0.2) is 18.4 Å². The molecule has 3 nitrogen and oxygen atoms in total. The van der Waals surface area contributed by atoms with Crippen molar-refractivity contribution in [2.75, 3.05) is 6.54 Å². The Hall–Kier alpha value is -1.91. The van der Waals surface area contributed by atoms with Crippen LogP contribution >= 0.6 is 11.6 Å². The van der Waals surface area contributed by atoms with Crippen LogP contribution in [0.15, 0.2) is 53.7 Å². The van der Waals surface area contributed by atoms with Crippen LogP contribution in [0, 0.1) is 5.82 Å². The van der Waals surface area contributed by atoms with Crippen LogP contribution < -0.4 is 5.32 Å². The van der Waals surface area contributed by atoms with Gasteiger partial charge in [0.25, 0.3) is 0 Å². The lowest BCUT2D eigenvalue weighted by atomic mass is 10.1. The number of quaternary nitrogens is 1. The van der Waals surface area contributed by atoms with Gasteiger partial charge in [0.1, 0.15) is 18.9 Å². The predicted octanol–water partition coefficient (Wildman–Crippen LogP) is 2.74. The van der Waals surface area contributed by atoms with E-state index < -0.39 is 0 Å². The molecular weight excluding hydrogens is 303 g/mol. The molecule has 5 heteroatoms. The van der Waals surface area contributed by atoms with Gasteiger partial charge in [-0.3, -0.25) is 0 Å². The maximum Gasteiger partial charge on any atom is 0.181 e. The third-order valence-corrected chi connectivity index (χ3v) is 3.91. The second-order valence-corrected chi connectivity index (χ2v) is 5.73. The van der Waals surface area contributed by atoms with E-state index in [4.69, 9.17) is 16.4 Å². The third-order valence-electron chi connectivity index (χ3n) is 3.66. The lowest BCUT2D eigenvalue weighted by molar-refractivity contribution is -0.676. The van der Waals surface area contributed by atoms with Crippen LogP contribution in [0.25, 0.3) is 0 Å². The first-order valence-corrected chi connectivity index (χ1v) is 7.64. The molecule has 0 fully saturated rings. The molecule has 0 amide bonds. The van der Waals surface area contributed by atoms with Gasteiger partial charge in [-0.1, -0.05) is 47.1 Å². The zero-order valence-corrected chi connectivity index (χ0v) is 12.8. The summed E-state index contributed by atoms with van der Waals surface area (Å²) in [5.41, 5.74) is 2.67. The number of halogens is 2. The van der Waals surface area contributed by atoms with Crippen LogP contribution in [-0.2, 0) is 11.4 Å². The van der Waals surface area contributed by atoms with Gasteiger partial charge in [-0.05, 0) is 23.8 Å². The molecule has 0 unspecified atom stereocenters. The second kappa shape index (κ2) is 6.90. The van der Waals surface area contributed by atoms with Crippen molar-refractivity contribution in [3.63, 3.8) is 0 Å². The van der Waals surface area contributed by atoms with Crippen molar-refractivity contribution < 1.29 is 14.5 Å². The molecule has 1 aliphatic heterocycles. The van der Waals surface area contributed by atoms with Crippen LogP contribution in [0.3, 0.4) is 0 Å². The van der Waals surface area contributed by atoms with Crippen LogP contribution in [0.4, 0.5) is 4.39 Å². The van der Waals surface area contributed by atoms with E-state index in [1.165, 1.54) is 6.07 Å². The van der Waals surface area contributed by atoms with Crippen molar-refractivity contribution in [1.29, 1.82) is 0 Å². The second-order valence-electron chi connectivity index (χ2n) is 5.30. The first-order valence-electron chi connectivity index (χ1n) is 7.26. The number of rotatable bonds is 5. The summed E-state index contributed by atoms with van der Waals surface area (Å²) in [5, 5.41) is 6.89. The van der Waals surface area contributed by atoms with E-state index in [1.54, 1.807) is 12.1 Å². The standard InChI is InChI=1S/C17H16ClFN2O/c18-14-7-5-12(6-8-14)17-9-15(22-21-17)11-20-10-13-3-1-2-4-16(13)19/h1-8,15,20H,9-11H2/p+1/t15-/m0/s1. The fourth-order valence-corrected chi connectivity index (χ4v) is 2.58. The van der Waals surface area contributed by atoms with Gasteiger partial charge >= 0.3 is 0 Å². The molecule has 1 heterocycles. The molecular formula is C17H17ClFN2O+.